The van der Waals surface area contributed by atoms with Crippen molar-refractivity contribution in [3.05, 3.63) is 35.9 Å². The van der Waals surface area contributed by atoms with E-state index in [4.69, 9.17) is 28.6 Å². The van der Waals surface area contributed by atoms with Gasteiger partial charge in [0.05, 0.1) is 5.03 Å². The molecule has 0 rings (SSSR count). The Morgan fingerprint density at radius 2 is 1.90 bits per heavy atom. The minimum atomic E-state index is -0.157. The van der Waals surface area contributed by atoms with Crippen LogP contribution in [0.4, 0.5) is 0 Å². The van der Waals surface area contributed by atoms with Gasteiger partial charge in [0.15, 0.2) is 0 Å². The Kier molecular flexibility index (Phi) is 4.99. The molecule has 10 heavy (non-hydrogen) atoms. The first-order valence-electron chi connectivity index (χ1n) is 2.57. The lowest BCUT2D eigenvalue weighted by atomic mass is 10.4. The summed E-state index contributed by atoms with van der Waals surface area (Å²) in [5.74, 6) is 0. The second kappa shape index (κ2) is 5.27. The summed E-state index contributed by atoms with van der Waals surface area (Å²) in [4.78, 5) is 0. The number of halogens is 2. The minimum Gasteiger partial charge on any atom is -0.288 e. The summed E-state index contributed by atoms with van der Waals surface area (Å²) in [7, 11) is 0. The minimum absolute atomic E-state index is 0.157. The highest BCUT2D eigenvalue weighted by Gasteiger charge is 1.92. The van der Waals surface area contributed by atoms with Crippen LogP contribution < -0.4 is 0 Å². The largest absolute Gasteiger partial charge is 0.288 e. The third-order valence-electron chi connectivity index (χ3n) is 0.699. The Morgan fingerprint density at radius 3 is 2.30 bits per heavy atom. The smallest absolute Gasteiger partial charge is 0.139 e. The van der Waals surface area contributed by atoms with E-state index in [9.17, 15) is 0 Å². The van der Waals surface area contributed by atoms with Crippen LogP contribution in [0.15, 0.2) is 35.9 Å². The zero-order chi connectivity index (χ0) is 7.98. The molecular formula is C7H7Cl2N. The second-order valence-electron chi connectivity index (χ2n) is 1.45. The van der Waals surface area contributed by atoms with Crippen molar-refractivity contribution in [3.8, 4) is 0 Å². The van der Waals surface area contributed by atoms with Crippen molar-refractivity contribution in [2.24, 2.45) is 0 Å². The molecule has 54 valence electrons. The normalized spacial score (nSPS) is 12.0. The average Bonchev–Trinajstić information content (AvgIpc) is 1.88. The fraction of sp³-hybridized carbons (Fsp3) is 0. The van der Waals surface area contributed by atoms with Crippen LogP contribution in [0.25, 0.3) is 0 Å². The van der Waals surface area contributed by atoms with Gasteiger partial charge in [0.25, 0.3) is 0 Å². The summed E-state index contributed by atoms with van der Waals surface area (Å²) in [6.07, 6.45) is 6.49. The topological polar surface area (TPSA) is 23.9 Å². The van der Waals surface area contributed by atoms with Gasteiger partial charge in [-0.2, -0.15) is 0 Å². The molecule has 0 spiro atoms. The second-order valence-corrected chi connectivity index (χ2v) is 2.23. The maximum atomic E-state index is 6.84. The molecule has 0 saturated carbocycles. The highest BCUT2D eigenvalue weighted by atomic mass is 35.5. The Balaban J connectivity index is 4.04. The van der Waals surface area contributed by atoms with Crippen LogP contribution in [-0.4, -0.2) is 5.17 Å². The molecule has 0 saturated heterocycles. The first-order chi connectivity index (χ1) is 4.68. The number of nitrogens with one attached hydrogen (secondary N) is 1. The van der Waals surface area contributed by atoms with E-state index in [1.165, 1.54) is 6.08 Å². The molecule has 0 unspecified atom stereocenters. The van der Waals surface area contributed by atoms with E-state index in [2.05, 4.69) is 6.58 Å². The lowest BCUT2D eigenvalue weighted by Gasteiger charge is -1.85. The number of hydrogen-bond acceptors (Lipinski definition) is 1. The van der Waals surface area contributed by atoms with Crippen LogP contribution in [0.3, 0.4) is 0 Å². The summed E-state index contributed by atoms with van der Waals surface area (Å²) in [6.45, 7) is 3.46. The number of rotatable bonds is 3. The first kappa shape index (κ1) is 9.47. The van der Waals surface area contributed by atoms with Gasteiger partial charge in [-0.1, -0.05) is 48.0 Å². The van der Waals surface area contributed by atoms with Crippen molar-refractivity contribution in [3.63, 3.8) is 0 Å². The SMILES string of the molecule is C=C/C=C/C=C(/Cl)C(=N)Cl. The Hall–Kier alpha value is -0.530. The third kappa shape index (κ3) is 4.36. The van der Waals surface area contributed by atoms with Gasteiger partial charge in [0.2, 0.25) is 0 Å². The van der Waals surface area contributed by atoms with Gasteiger partial charge in [-0.3, -0.25) is 5.41 Å². The molecule has 0 bridgehead atoms. The Labute approximate surface area is 70.2 Å². The van der Waals surface area contributed by atoms with Gasteiger partial charge in [-0.25, -0.2) is 0 Å². The quantitative estimate of drug-likeness (QED) is 0.504. The average molecular weight is 176 g/mol. The van der Waals surface area contributed by atoms with E-state index < -0.39 is 0 Å². The standard InChI is InChI=1S/C7H7Cl2N/c1-2-3-4-5-6(8)7(9)10/h2-5,10H,1H2/b4-3+,6-5+,10-7?. The highest BCUT2D eigenvalue weighted by Crippen LogP contribution is 2.05. The van der Waals surface area contributed by atoms with Crippen LogP contribution in [0.2, 0.25) is 0 Å². The molecule has 1 nitrogen and oxygen atoms in total. The molecular weight excluding hydrogens is 169 g/mol. The molecule has 0 aliphatic rings. The molecule has 0 aromatic carbocycles. The molecule has 0 aromatic heterocycles. The third-order valence-corrected chi connectivity index (χ3v) is 1.31. The van der Waals surface area contributed by atoms with Crippen molar-refractivity contribution >= 4 is 28.4 Å². The molecule has 0 atom stereocenters. The molecule has 0 radical (unpaired) electrons. The van der Waals surface area contributed by atoms with Crippen molar-refractivity contribution in [1.29, 1.82) is 5.41 Å². The fourth-order valence-electron chi connectivity index (χ4n) is 0.292. The van der Waals surface area contributed by atoms with Crippen molar-refractivity contribution < 1.29 is 0 Å². The maximum absolute atomic E-state index is 6.84. The molecule has 0 fully saturated rings. The van der Waals surface area contributed by atoms with Crippen molar-refractivity contribution in [1.82, 2.24) is 0 Å². The van der Waals surface area contributed by atoms with Gasteiger partial charge >= 0.3 is 0 Å². The highest BCUT2D eigenvalue weighted by molar-refractivity contribution is 6.75. The van der Waals surface area contributed by atoms with Crippen LogP contribution in [0, 0.1) is 5.41 Å². The van der Waals surface area contributed by atoms with E-state index in [1.54, 1.807) is 18.2 Å². The van der Waals surface area contributed by atoms with Gasteiger partial charge in [0, 0.05) is 0 Å². The zero-order valence-electron chi connectivity index (χ0n) is 5.27. The van der Waals surface area contributed by atoms with E-state index in [0.29, 0.717) is 0 Å². The van der Waals surface area contributed by atoms with Gasteiger partial charge in [0.1, 0.15) is 5.17 Å². The van der Waals surface area contributed by atoms with Gasteiger partial charge < -0.3 is 0 Å². The molecule has 1 N–H and O–H groups in total. The van der Waals surface area contributed by atoms with Gasteiger partial charge in [-0.15, -0.1) is 0 Å². The lowest BCUT2D eigenvalue weighted by molar-refractivity contribution is 1.56. The van der Waals surface area contributed by atoms with Crippen LogP contribution in [0.5, 0.6) is 0 Å². The molecule has 0 heterocycles. The summed E-state index contributed by atoms with van der Waals surface area (Å²) in [5, 5.41) is 6.91. The summed E-state index contributed by atoms with van der Waals surface area (Å²) < 4.78 is 0. The maximum Gasteiger partial charge on any atom is 0.139 e. The zero-order valence-corrected chi connectivity index (χ0v) is 6.78. The summed E-state index contributed by atoms with van der Waals surface area (Å²) >= 11 is 10.7. The van der Waals surface area contributed by atoms with E-state index in [0.717, 1.165) is 0 Å². The van der Waals surface area contributed by atoms with Crippen molar-refractivity contribution in [2.75, 3.05) is 0 Å². The van der Waals surface area contributed by atoms with Crippen LogP contribution >= 0.6 is 23.2 Å². The van der Waals surface area contributed by atoms with Crippen LogP contribution in [0.1, 0.15) is 0 Å². The van der Waals surface area contributed by atoms with E-state index in [1.807, 2.05) is 0 Å². The predicted molar refractivity (Wildman–Crippen MR) is 46.9 cm³/mol. The summed E-state index contributed by atoms with van der Waals surface area (Å²) in [5.41, 5.74) is 0. The molecule has 0 aliphatic carbocycles. The lowest BCUT2D eigenvalue weighted by Crippen LogP contribution is -1.80. The molecule has 3 heteroatoms. The molecule has 0 aromatic rings. The Bertz CT molecular complexity index is 192. The van der Waals surface area contributed by atoms with E-state index >= 15 is 0 Å². The van der Waals surface area contributed by atoms with Gasteiger partial charge in [-0.05, 0) is 6.08 Å². The fourth-order valence-corrected chi connectivity index (χ4v) is 0.428. The summed E-state index contributed by atoms with van der Waals surface area (Å²) in [6, 6.07) is 0. The first-order valence-corrected chi connectivity index (χ1v) is 3.33. The number of hydrogen-bond donors (Lipinski definition) is 1. The van der Waals surface area contributed by atoms with E-state index in [-0.39, 0.29) is 10.2 Å². The monoisotopic (exact) mass is 175 g/mol. The van der Waals surface area contributed by atoms with Crippen molar-refractivity contribution in [2.45, 2.75) is 0 Å². The number of allylic oxidation sites excluding steroid dienone is 5. The predicted octanol–water partition coefficient (Wildman–Crippen LogP) is 3.07. The molecule has 0 aliphatic heterocycles. The van der Waals surface area contributed by atoms with Crippen LogP contribution in [-0.2, 0) is 0 Å². The molecule has 0 amide bonds. The Morgan fingerprint density at radius 1 is 1.30 bits per heavy atom.